The van der Waals surface area contributed by atoms with Gasteiger partial charge in [-0.1, -0.05) is 0 Å². The third-order valence-corrected chi connectivity index (χ3v) is 3.60. The fourth-order valence-electron chi connectivity index (χ4n) is 1.21. The van der Waals surface area contributed by atoms with Crippen LogP contribution in [0.25, 0.3) is 6.08 Å². The van der Waals surface area contributed by atoms with Crippen LogP contribution < -0.4 is 5.32 Å². The molecule has 0 saturated carbocycles. The van der Waals surface area contributed by atoms with Gasteiger partial charge in [0, 0.05) is 22.9 Å². The highest BCUT2D eigenvalue weighted by Gasteiger charge is 2.26. The number of carbonyl (C=O) groups excluding carboxylic acids is 1. The maximum atomic E-state index is 11.8. The Morgan fingerprint density at radius 1 is 1.47 bits per heavy atom. The van der Waals surface area contributed by atoms with Gasteiger partial charge in [-0.25, -0.2) is 4.79 Å². The van der Waals surface area contributed by atoms with Crippen LogP contribution in [0, 0.1) is 0 Å². The van der Waals surface area contributed by atoms with Crippen molar-refractivity contribution in [2.75, 3.05) is 7.11 Å². The second kappa shape index (κ2) is 6.49. The predicted molar refractivity (Wildman–Crippen MR) is 73.9 cm³/mol. The van der Waals surface area contributed by atoms with Crippen molar-refractivity contribution in [2.45, 2.75) is 26.0 Å². The van der Waals surface area contributed by atoms with E-state index in [9.17, 15) is 9.59 Å². The van der Waals surface area contributed by atoms with E-state index in [1.165, 1.54) is 24.5 Å². The van der Waals surface area contributed by atoms with Crippen LogP contribution in [0.1, 0.15) is 23.6 Å². The highest BCUT2D eigenvalue weighted by molar-refractivity contribution is 7.12. The molecule has 0 atom stereocenters. The van der Waals surface area contributed by atoms with Crippen LogP contribution in [0.5, 0.6) is 0 Å². The normalized spacial score (nSPS) is 11.7. The van der Waals surface area contributed by atoms with E-state index in [4.69, 9.17) is 9.84 Å². The average Bonchev–Trinajstić information content (AvgIpc) is 2.81. The summed E-state index contributed by atoms with van der Waals surface area (Å²) in [4.78, 5) is 23.9. The lowest BCUT2D eigenvalue weighted by molar-refractivity contribution is -0.139. The van der Waals surface area contributed by atoms with E-state index in [1.807, 2.05) is 12.1 Å². The van der Waals surface area contributed by atoms with Crippen molar-refractivity contribution in [2.24, 2.45) is 0 Å². The van der Waals surface area contributed by atoms with Gasteiger partial charge >= 0.3 is 5.97 Å². The number of rotatable bonds is 6. The topological polar surface area (TPSA) is 75.6 Å². The minimum Gasteiger partial charge on any atom is -0.478 e. The van der Waals surface area contributed by atoms with Crippen molar-refractivity contribution in [3.8, 4) is 0 Å². The van der Waals surface area contributed by atoms with E-state index in [1.54, 1.807) is 13.8 Å². The van der Waals surface area contributed by atoms with Gasteiger partial charge in [0.15, 0.2) is 0 Å². The summed E-state index contributed by atoms with van der Waals surface area (Å²) in [6.45, 7) is 3.78. The van der Waals surface area contributed by atoms with E-state index < -0.39 is 11.6 Å². The van der Waals surface area contributed by atoms with E-state index in [0.717, 1.165) is 15.8 Å². The molecule has 1 aromatic rings. The van der Waals surface area contributed by atoms with Crippen molar-refractivity contribution in [1.82, 2.24) is 5.32 Å². The Kier molecular flexibility index (Phi) is 5.26. The number of thiophene rings is 1. The van der Waals surface area contributed by atoms with E-state index in [2.05, 4.69) is 5.32 Å². The largest absolute Gasteiger partial charge is 0.478 e. The summed E-state index contributed by atoms with van der Waals surface area (Å²) in [5.74, 6) is -1.17. The summed E-state index contributed by atoms with van der Waals surface area (Å²) in [7, 11) is 1.49. The van der Waals surface area contributed by atoms with Crippen LogP contribution in [0.4, 0.5) is 0 Å². The number of carbonyl (C=O) groups is 2. The summed E-state index contributed by atoms with van der Waals surface area (Å²) in [5, 5.41) is 11.3. The molecule has 6 heteroatoms. The lowest BCUT2D eigenvalue weighted by Gasteiger charge is -2.21. The van der Waals surface area contributed by atoms with Crippen LogP contribution >= 0.6 is 11.3 Å². The standard InChI is InChI=1S/C13H17NO4S/c1-13(2,18-3)12(17)14-8-10-5-4-9(19-10)6-7-11(15)16/h4-7H,8H2,1-3H3,(H,14,17)(H,15,16)/b7-6+. The minimum absolute atomic E-state index is 0.189. The Bertz CT molecular complexity index is 491. The van der Waals surface area contributed by atoms with Crippen LogP contribution in [0.2, 0.25) is 0 Å². The molecule has 2 N–H and O–H groups in total. The molecule has 0 fully saturated rings. The van der Waals surface area contributed by atoms with E-state index >= 15 is 0 Å². The molecule has 0 aliphatic rings. The Balaban J connectivity index is 2.56. The van der Waals surface area contributed by atoms with Gasteiger partial charge in [0.25, 0.3) is 5.91 Å². The fraction of sp³-hybridized carbons (Fsp3) is 0.385. The number of carboxylic acid groups (broad SMARTS) is 1. The lowest BCUT2D eigenvalue weighted by Crippen LogP contribution is -2.43. The quantitative estimate of drug-likeness (QED) is 0.782. The molecule has 5 nitrogen and oxygen atoms in total. The van der Waals surface area contributed by atoms with Crippen molar-refractivity contribution in [1.29, 1.82) is 0 Å². The molecule has 0 unspecified atom stereocenters. The maximum absolute atomic E-state index is 11.8. The first-order valence-electron chi connectivity index (χ1n) is 5.68. The van der Waals surface area contributed by atoms with Gasteiger partial charge in [-0.05, 0) is 32.1 Å². The first-order valence-corrected chi connectivity index (χ1v) is 6.50. The minimum atomic E-state index is -0.981. The molecule has 0 spiro atoms. The number of carboxylic acids is 1. The molecule has 0 aliphatic carbocycles. The monoisotopic (exact) mass is 283 g/mol. The smallest absolute Gasteiger partial charge is 0.328 e. The number of nitrogens with one attached hydrogen (secondary N) is 1. The molecule has 19 heavy (non-hydrogen) atoms. The zero-order chi connectivity index (χ0) is 14.5. The van der Waals surface area contributed by atoms with Crippen LogP contribution in [-0.4, -0.2) is 29.7 Å². The Labute approximate surface area is 115 Å². The zero-order valence-electron chi connectivity index (χ0n) is 11.1. The number of aliphatic carboxylic acids is 1. The molecule has 1 heterocycles. The molecule has 0 aliphatic heterocycles. The summed E-state index contributed by atoms with van der Waals surface area (Å²) in [6, 6.07) is 3.67. The Morgan fingerprint density at radius 3 is 2.74 bits per heavy atom. The number of hydrogen-bond acceptors (Lipinski definition) is 4. The lowest BCUT2D eigenvalue weighted by atomic mass is 10.1. The third kappa shape index (κ3) is 4.84. The molecule has 0 radical (unpaired) electrons. The maximum Gasteiger partial charge on any atom is 0.328 e. The van der Waals surface area contributed by atoms with E-state index in [-0.39, 0.29) is 5.91 Å². The van der Waals surface area contributed by atoms with Gasteiger partial charge in [0.1, 0.15) is 5.60 Å². The molecule has 104 valence electrons. The van der Waals surface area contributed by atoms with Gasteiger partial charge in [0.05, 0.1) is 6.54 Å². The average molecular weight is 283 g/mol. The van der Waals surface area contributed by atoms with Gasteiger partial charge in [-0.2, -0.15) is 0 Å². The second-order valence-corrected chi connectivity index (χ2v) is 5.57. The number of hydrogen-bond donors (Lipinski definition) is 2. The Hall–Kier alpha value is -1.66. The highest BCUT2D eigenvalue weighted by Crippen LogP contribution is 2.18. The molecule has 1 rings (SSSR count). The van der Waals surface area contributed by atoms with Gasteiger partial charge in [0.2, 0.25) is 0 Å². The van der Waals surface area contributed by atoms with Crippen LogP contribution in [0.3, 0.4) is 0 Å². The van der Waals surface area contributed by atoms with Crippen molar-refractivity contribution >= 4 is 29.3 Å². The predicted octanol–water partition coefficient (Wildman–Crippen LogP) is 1.89. The highest BCUT2D eigenvalue weighted by atomic mass is 32.1. The number of ether oxygens (including phenoxy) is 1. The van der Waals surface area contributed by atoms with Crippen LogP contribution in [0.15, 0.2) is 18.2 Å². The molecule has 1 amide bonds. The molecule has 0 aromatic carbocycles. The van der Waals surface area contributed by atoms with Gasteiger partial charge in [-0.15, -0.1) is 11.3 Å². The number of amides is 1. The van der Waals surface area contributed by atoms with Gasteiger partial charge in [-0.3, -0.25) is 4.79 Å². The molecule has 0 saturated heterocycles. The number of methoxy groups -OCH3 is 1. The first kappa shape index (κ1) is 15.4. The van der Waals surface area contributed by atoms with Gasteiger partial charge < -0.3 is 15.2 Å². The summed E-state index contributed by atoms with van der Waals surface area (Å²) < 4.78 is 5.07. The fourth-order valence-corrected chi connectivity index (χ4v) is 2.06. The SMILES string of the molecule is COC(C)(C)C(=O)NCc1ccc(/C=C/C(=O)O)s1. The van der Waals surface area contributed by atoms with Crippen LogP contribution in [-0.2, 0) is 20.9 Å². The molecule has 0 bridgehead atoms. The molecule has 1 aromatic heterocycles. The summed E-state index contributed by atoms with van der Waals surface area (Å²) >= 11 is 1.43. The Morgan fingerprint density at radius 2 is 2.16 bits per heavy atom. The molecular formula is C13H17NO4S. The van der Waals surface area contributed by atoms with E-state index in [0.29, 0.717) is 6.54 Å². The van der Waals surface area contributed by atoms with Crippen molar-refractivity contribution in [3.05, 3.63) is 28.0 Å². The zero-order valence-corrected chi connectivity index (χ0v) is 11.9. The third-order valence-electron chi connectivity index (χ3n) is 2.55. The first-order chi connectivity index (χ1) is 8.85. The molecular weight excluding hydrogens is 266 g/mol. The van der Waals surface area contributed by atoms with Crippen molar-refractivity contribution in [3.63, 3.8) is 0 Å². The van der Waals surface area contributed by atoms with Crippen molar-refractivity contribution < 1.29 is 19.4 Å². The summed E-state index contributed by atoms with van der Waals surface area (Å²) in [6.07, 6.45) is 2.61. The summed E-state index contributed by atoms with van der Waals surface area (Å²) in [5.41, 5.74) is -0.858. The second-order valence-electron chi connectivity index (χ2n) is 4.37.